The number of guanidine groups is 1. The van der Waals surface area contributed by atoms with E-state index < -0.39 is 17.5 Å². The van der Waals surface area contributed by atoms with Gasteiger partial charge in [0.25, 0.3) is 0 Å². The van der Waals surface area contributed by atoms with Crippen LogP contribution >= 0.6 is 11.3 Å². The lowest BCUT2D eigenvalue weighted by Gasteiger charge is -2.22. The second-order valence-corrected chi connectivity index (χ2v) is 6.80. The Labute approximate surface area is 153 Å². The van der Waals surface area contributed by atoms with Gasteiger partial charge in [0, 0.05) is 11.9 Å². The normalized spacial score (nSPS) is 15.0. The minimum absolute atomic E-state index is 0.00190. The number of hydrogen-bond acceptors (Lipinski definition) is 5. The zero-order valence-corrected chi connectivity index (χ0v) is 15.5. The van der Waals surface area contributed by atoms with Crippen LogP contribution in [-0.4, -0.2) is 29.1 Å². The fraction of sp³-hybridized carbons (Fsp3) is 0.500. The van der Waals surface area contributed by atoms with Gasteiger partial charge in [0.2, 0.25) is 0 Å². The van der Waals surface area contributed by atoms with Crippen LogP contribution in [0.4, 0.5) is 13.2 Å². The van der Waals surface area contributed by atoms with Crippen molar-refractivity contribution in [1.29, 1.82) is 0 Å². The summed E-state index contributed by atoms with van der Waals surface area (Å²) in [6.45, 7) is 5.89. The van der Waals surface area contributed by atoms with E-state index >= 15 is 0 Å². The third-order valence-corrected chi connectivity index (χ3v) is 4.26. The Kier molecular flexibility index (Phi) is 6.30. The van der Waals surface area contributed by atoms with Crippen LogP contribution in [0.15, 0.2) is 26.9 Å². The Morgan fingerprint density at radius 1 is 1.35 bits per heavy atom. The predicted molar refractivity (Wildman–Crippen MR) is 93.0 cm³/mol. The third-order valence-electron chi connectivity index (χ3n) is 3.43. The summed E-state index contributed by atoms with van der Waals surface area (Å²) in [4.78, 5) is 7.75. The predicted octanol–water partition coefficient (Wildman–Crippen LogP) is 3.03. The summed E-state index contributed by atoms with van der Waals surface area (Å²) in [5, 5.41) is 17.7. The molecule has 2 aromatic heterocycles. The van der Waals surface area contributed by atoms with E-state index in [1.165, 1.54) is 0 Å². The van der Waals surface area contributed by atoms with E-state index in [0.29, 0.717) is 24.0 Å². The molecule has 3 N–H and O–H groups in total. The number of alkyl halides is 3. The summed E-state index contributed by atoms with van der Waals surface area (Å²) < 4.78 is 43.2. The van der Waals surface area contributed by atoms with E-state index in [9.17, 15) is 18.3 Å². The minimum atomic E-state index is -4.46. The first kappa shape index (κ1) is 20.2. The number of aromatic nitrogens is 1. The van der Waals surface area contributed by atoms with Gasteiger partial charge in [-0.3, -0.25) is 0 Å². The van der Waals surface area contributed by atoms with Crippen molar-refractivity contribution in [2.45, 2.75) is 39.1 Å². The lowest BCUT2D eigenvalue weighted by atomic mass is 10.0. The van der Waals surface area contributed by atoms with Crippen LogP contribution in [-0.2, 0) is 18.3 Å². The Balaban J connectivity index is 2.01. The van der Waals surface area contributed by atoms with Gasteiger partial charge in [-0.05, 0) is 32.9 Å². The summed E-state index contributed by atoms with van der Waals surface area (Å²) in [6, 6.07) is 3.44. The fourth-order valence-electron chi connectivity index (χ4n) is 2.07. The number of halogens is 3. The average molecular weight is 390 g/mol. The molecule has 0 spiro atoms. The van der Waals surface area contributed by atoms with Crippen molar-refractivity contribution in [3.8, 4) is 0 Å². The van der Waals surface area contributed by atoms with Gasteiger partial charge in [-0.2, -0.15) is 13.2 Å². The highest BCUT2D eigenvalue weighted by molar-refractivity contribution is 7.09. The first-order valence-corrected chi connectivity index (χ1v) is 8.83. The van der Waals surface area contributed by atoms with Crippen molar-refractivity contribution in [3.63, 3.8) is 0 Å². The molecule has 6 nitrogen and oxygen atoms in total. The zero-order valence-electron chi connectivity index (χ0n) is 14.6. The third kappa shape index (κ3) is 5.46. The highest BCUT2D eigenvalue weighted by atomic mass is 32.1. The summed E-state index contributed by atoms with van der Waals surface area (Å²) in [6.07, 6.45) is -4.46. The Bertz CT molecular complexity index is 753. The molecule has 0 fully saturated rings. The van der Waals surface area contributed by atoms with Gasteiger partial charge in [0.1, 0.15) is 22.1 Å². The van der Waals surface area contributed by atoms with E-state index in [4.69, 9.17) is 4.42 Å². The van der Waals surface area contributed by atoms with Gasteiger partial charge in [0.15, 0.2) is 11.7 Å². The van der Waals surface area contributed by atoms with Crippen molar-refractivity contribution >= 4 is 17.3 Å². The van der Waals surface area contributed by atoms with E-state index in [2.05, 4.69) is 20.6 Å². The summed E-state index contributed by atoms with van der Waals surface area (Å²) in [7, 11) is 0. The molecule has 10 heteroatoms. The smallest absolute Gasteiger partial charge is 0.434 e. The number of aliphatic imine (C=N–C) groups is 1. The van der Waals surface area contributed by atoms with Crippen LogP contribution in [0.25, 0.3) is 0 Å². The lowest BCUT2D eigenvalue weighted by molar-refractivity contribution is -0.140. The van der Waals surface area contributed by atoms with Crippen LogP contribution in [0.1, 0.15) is 36.1 Å². The van der Waals surface area contributed by atoms with Gasteiger partial charge in [-0.25, -0.2) is 9.98 Å². The van der Waals surface area contributed by atoms with Crippen molar-refractivity contribution in [1.82, 2.24) is 15.6 Å². The second-order valence-electron chi connectivity index (χ2n) is 5.86. The SMILES string of the molecule is CCNC(=NCc1nc(C(F)(F)F)cs1)NCC(C)(O)c1ccc(C)o1. The molecule has 0 aromatic carbocycles. The van der Waals surface area contributed by atoms with Crippen LogP contribution in [0.3, 0.4) is 0 Å². The molecule has 1 atom stereocenters. The van der Waals surface area contributed by atoms with Gasteiger partial charge in [0.05, 0.1) is 13.1 Å². The molecule has 26 heavy (non-hydrogen) atoms. The molecule has 2 rings (SSSR count). The summed E-state index contributed by atoms with van der Waals surface area (Å²) in [5.41, 5.74) is -2.18. The largest absolute Gasteiger partial charge is 0.463 e. The van der Waals surface area contributed by atoms with Crippen molar-refractivity contribution in [3.05, 3.63) is 39.7 Å². The van der Waals surface area contributed by atoms with E-state index in [-0.39, 0.29) is 18.1 Å². The highest BCUT2D eigenvalue weighted by Crippen LogP contribution is 2.30. The number of aliphatic hydroxyl groups is 1. The molecular weight excluding hydrogens is 369 g/mol. The molecule has 0 aliphatic heterocycles. The molecule has 0 saturated heterocycles. The van der Waals surface area contributed by atoms with Crippen LogP contribution in [0.5, 0.6) is 0 Å². The standard InChI is InChI=1S/C16H21F3N4O2S/c1-4-20-14(21-7-13-23-11(8-26-13)16(17,18)19)22-9-15(3,24)12-6-5-10(2)25-12/h5-6,8,24H,4,7,9H2,1-3H3,(H2,20,21,22). The first-order chi connectivity index (χ1) is 12.1. The van der Waals surface area contributed by atoms with Gasteiger partial charge >= 0.3 is 6.18 Å². The maximum atomic E-state index is 12.6. The quantitative estimate of drug-likeness (QED) is 0.522. The van der Waals surface area contributed by atoms with Crippen molar-refractivity contribution in [2.75, 3.05) is 13.1 Å². The maximum absolute atomic E-state index is 12.6. The Hall–Kier alpha value is -2.07. The molecule has 2 heterocycles. The number of rotatable bonds is 6. The molecule has 0 bridgehead atoms. The molecule has 0 radical (unpaired) electrons. The van der Waals surface area contributed by atoms with Gasteiger partial charge in [-0.1, -0.05) is 0 Å². The Morgan fingerprint density at radius 3 is 2.62 bits per heavy atom. The van der Waals surface area contributed by atoms with Crippen LogP contribution in [0, 0.1) is 6.92 Å². The fourth-order valence-corrected chi connectivity index (χ4v) is 2.79. The highest BCUT2D eigenvalue weighted by Gasteiger charge is 2.33. The average Bonchev–Trinajstić information content (AvgIpc) is 3.19. The maximum Gasteiger partial charge on any atom is 0.434 e. The number of furan rings is 1. The summed E-state index contributed by atoms with van der Waals surface area (Å²) in [5.74, 6) is 1.46. The van der Waals surface area contributed by atoms with Crippen LogP contribution < -0.4 is 10.6 Å². The van der Waals surface area contributed by atoms with Gasteiger partial charge < -0.3 is 20.2 Å². The van der Waals surface area contributed by atoms with Gasteiger partial charge in [-0.15, -0.1) is 11.3 Å². The monoisotopic (exact) mass is 390 g/mol. The molecule has 0 saturated carbocycles. The number of aryl methyl sites for hydroxylation is 1. The molecule has 144 valence electrons. The topological polar surface area (TPSA) is 82.7 Å². The molecule has 2 aromatic rings. The number of nitrogens with one attached hydrogen (secondary N) is 2. The molecular formula is C16H21F3N4O2S. The number of thiazole rings is 1. The summed E-state index contributed by atoms with van der Waals surface area (Å²) >= 11 is 0.902. The first-order valence-electron chi connectivity index (χ1n) is 7.95. The Morgan fingerprint density at radius 2 is 2.08 bits per heavy atom. The van der Waals surface area contributed by atoms with Crippen LogP contribution in [0.2, 0.25) is 0 Å². The van der Waals surface area contributed by atoms with E-state index in [1.54, 1.807) is 26.0 Å². The van der Waals surface area contributed by atoms with Crippen molar-refractivity contribution in [2.24, 2.45) is 4.99 Å². The lowest BCUT2D eigenvalue weighted by Crippen LogP contribution is -2.44. The minimum Gasteiger partial charge on any atom is -0.463 e. The van der Waals surface area contributed by atoms with E-state index in [0.717, 1.165) is 16.7 Å². The van der Waals surface area contributed by atoms with E-state index in [1.807, 2.05) is 6.92 Å². The zero-order chi connectivity index (χ0) is 19.4. The van der Waals surface area contributed by atoms with Crippen molar-refractivity contribution < 1.29 is 22.7 Å². The molecule has 1 unspecified atom stereocenters. The molecule has 0 amide bonds. The number of nitrogens with zero attached hydrogens (tertiary/aromatic N) is 2. The molecule has 0 aliphatic carbocycles. The number of hydrogen-bond donors (Lipinski definition) is 3. The molecule has 0 aliphatic rings. The second kappa shape index (κ2) is 8.09.